The SMILES string of the molecule is CN1CCN(C(=O)OC(C)(C)C)[C@@H](C(=O)N2CCCC(O)(Cn3ccnc3)C2)C1.Clc1ccc2c(c1)CCc1cccnc1CC2. The van der Waals surface area contributed by atoms with E-state index in [4.69, 9.17) is 16.3 Å². The summed E-state index contributed by atoms with van der Waals surface area (Å²) in [7, 11) is 1.94. The van der Waals surface area contributed by atoms with E-state index >= 15 is 0 Å². The normalized spacial score (nSPS) is 22.0. The fourth-order valence-corrected chi connectivity index (χ4v) is 6.74. The van der Waals surface area contributed by atoms with Gasteiger partial charge in [0.05, 0.1) is 19.4 Å². The van der Waals surface area contributed by atoms with Gasteiger partial charge in [0, 0.05) is 55.5 Å². The number of aromatic nitrogens is 3. The summed E-state index contributed by atoms with van der Waals surface area (Å²) in [5.74, 6) is -0.133. The van der Waals surface area contributed by atoms with Gasteiger partial charge in [0.25, 0.3) is 0 Å². The lowest BCUT2D eigenvalue weighted by Gasteiger charge is -2.44. The number of piperazine rings is 1. The van der Waals surface area contributed by atoms with Gasteiger partial charge in [-0.15, -0.1) is 0 Å². The van der Waals surface area contributed by atoms with Gasteiger partial charge < -0.3 is 24.2 Å². The van der Waals surface area contributed by atoms with Gasteiger partial charge in [0.2, 0.25) is 5.91 Å². The van der Waals surface area contributed by atoms with Gasteiger partial charge in [-0.3, -0.25) is 14.7 Å². The molecule has 6 rings (SSSR count). The Labute approximate surface area is 277 Å². The first-order valence-electron chi connectivity index (χ1n) is 16.2. The number of aryl methyl sites for hydroxylation is 4. The van der Waals surface area contributed by atoms with Crippen molar-refractivity contribution in [2.45, 2.75) is 83.1 Å². The van der Waals surface area contributed by atoms with Crippen molar-refractivity contribution < 1.29 is 19.4 Å². The van der Waals surface area contributed by atoms with Gasteiger partial charge in [0.15, 0.2) is 0 Å². The number of pyridine rings is 1. The van der Waals surface area contributed by atoms with Crippen LogP contribution in [0.1, 0.15) is 56.0 Å². The molecule has 1 aromatic carbocycles. The third-order valence-electron chi connectivity index (χ3n) is 8.85. The van der Waals surface area contributed by atoms with E-state index < -0.39 is 23.3 Å². The highest BCUT2D eigenvalue weighted by Gasteiger charge is 2.42. The predicted molar refractivity (Wildman–Crippen MR) is 178 cm³/mol. The van der Waals surface area contributed by atoms with Crippen LogP contribution in [0.2, 0.25) is 5.02 Å². The van der Waals surface area contributed by atoms with E-state index in [1.165, 1.54) is 27.3 Å². The van der Waals surface area contributed by atoms with Gasteiger partial charge in [0.1, 0.15) is 17.2 Å². The van der Waals surface area contributed by atoms with Crippen LogP contribution in [0.15, 0.2) is 55.2 Å². The molecule has 248 valence electrons. The molecule has 0 spiro atoms. The number of likely N-dealkylation sites (N-methyl/N-ethyl adjacent to an activating group) is 1. The van der Waals surface area contributed by atoms with Crippen LogP contribution < -0.4 is 0 Å². The van der Waals surface area contributed by atoms with E-state index in [1.807, 2.05) is 55.6 Å². The Morgan fingerprint density at radius 2 is 1.83 bits per heavy atom. The summed E-state index contributed by atoms with van der Waals surface area (Å²) in [6.07, 6.45) is 12.1. The summed E-state index contributed by atoms with van der Waals surface area (Å²) in [4.78, 5) is 39.9. The molecule has 2 saturated heterocycles. The van der Waals surface area contributed by atoms with Gasteiger partial charge >= 0.3 is 6.09 Å². The summed E-state index contributed by atoms with van der Waals surface area (Å²) < 4.78 is 7.36. The first kappa shape index (κ1) is 33.9. The van der Waals surface area contributed by atoms with Crippen LogP contribution in [-0.2, 0) is 41.8 Å². The van der Waals surface area contributed by atoms with E-state index in [2.05, 4.69) is 28.2 Å². The highest BCUT2D eigenvalue weighted by atomic mass is 35.5. The van der Waals surface area contributed by atoms with Crippen LogP contribution in [0.5, 0.6) is 0 Å². The number of aliphatic hydroxyl groups is 1. The van der Waals surface area contributed by atoms with Gasteiger partial charge in [-0.25, -0.2) is 9.78 Å². The number of imidazole rings is 1. The molecule has 0 bridgehead atoms. The number of fused-ring (bicyclic) bond motifs is 2. The smallest absolute Gasteiger partial charge is 0.411 e. The first-order valence-corrected chi connectivity index (χ1v) is 16.6. The van der Waals surface area contributed by atoms with Crippen LogP contribution in [0.4, 0.5) is 4.79 Å². The standard InChI is InChI=1S/C20H33N5O4.C15H14ClN/c1-19(2,3)29-18(27)25-11-10-22(4)12-16(25)17(26)24-8-5-6-20(28,14-24)13-23-9-7-21-15-23;16-14-7-5-11-6-8-15-12(2-1-9-17-15)3-4-13(11)10-14/h7,9,15-16,28H,5-6,8,10-14H2,1-4H3;1-2,5,7,9-10H,3-4,6,8H2/t16-,20?;/m1./s1. The number of halogens is 1. The van der Waals surface area contributed by atoms with E-state index in [-0.39, 0.29) is 12.5 Å². The van der Waals surface area contributed by atoms with Crippen LogP contribution >= 0.6 is 11.6 Å². The molecule has 2 aliphatic heterocycles. The molecule has 3 aromatic rings. The molecule has 2 fully saturated rings. The van der Waals surface area contributed by atoms with Crippen LogP contribution in [0, 0.1) is 0 Å². The predicted octanol–water partition coefficient (Wildman–Crippen LogP) is 4.41. The third kappa shape index (κ3) is 8.86. The Morgan fingerprint density at radius 3 is 2.59 bits per heavy atom. The van der Waals surface area contributed by atoms with Crippen LogP contribution in [0.3, 0.4) is 0 Å². The maximum Gasteiger partial charge on any atom is 0.411 e. The minimum atomic E-state index is -1.01. The topological polar surface area (TPSA) is 104 Å². The molecule has 1 unspecified atom stereocenters. The first-order chi connectivity index (χ1) is 21.9. The number of likely N-dealkylation sites (tertiary alicyclic amines) is 1. The molecule has 2 aromatic heterocycles. The summed E-state index contributed by atoms with van der Waals surface area (Å²) in [5.41, 5.74) is 3.83. The lowest BCUT2D eigenvalue weighted by Crippen LogP contribution is -2.63. The number of benzene rings is 1. The monoisotopic (exact) mass is 650 g/mol. The zero-order valence-corrected chi connectivity index (χ0v) is 28.2. The fourth-order valence-electron chi connectivity index (χ4n) is 6.55. The number of piperidine rings is 1. The van der Waals surface area contributed by atoms with E-state index in [0.717, 1.165) is 30.7 Å². The van der Waals surface area contributed by atoms with E-state index in [9.17, 15) is 14.7 Å². The van der Waals surface area contributed by atoms with E-state index in [0.29, 0.717) is 45.6 Å². The van der Waals surface area contributed by atoms with Crippen molar-refractivity contribution in [3.8, 4) is 0 Å². The average Bonchev–Trinajstić information content (AvgIpc) is 3.50. The molecule has 2 atom stereocenters. The zero-order valence-electron chi connectivity index (χ0n) is 27.5. The number of amides is 2. The minimum absolute atomic E-state index is 0.133. The summed E-state index contributed by atoms with van der Waals surface area (Å²) in [6, 6.07) is 9.86. The molecular formula is C35H47ClN6O4. The molecule has 0 radical (unpaired) electrons. The number of β-amino-alcohol motifs (C(OH)–C–C–N with tert-alkyl or cyclic N) is 1. The van der Waals surface area contributed by atoms with Crippen molar-refractivity contribution >= 4 is 23.6 Å². The second-order valence-corrected chi connectivity index (χ2v) is 14.2. The number of rotatable bonds is 3. The van der Waals surface area contributed by atoms with E-state index in [1.54, 1.807) is 23.6 Å². The Bertz CT molecular complexity index is 1490. The molecule has 4 heterocycles. The van der Waals surface area contributed by atoms with Crippen LogP contribution in [0.25, 0.3) is 0 Å². The van der Waals surface area contributed by atoms with Crippen molar-refractivity contribution in [1.82, 2.24) is 29.2 Å². The minimum Gasteiger partial charge on any atom is -0.444 e. The molecule has 46 heavy (non-hydrogen) atoms. The number of hydrogen-bond donors (Lipinski definition) is 1. The molecular weight excluding hydrogens is 604 g/mol. The Morgan fingerprint density at radius 1 is 1.04 bits per heavy atom. The largest absolute Gasteiger partial charge is 0.444 e. The number of hydrogen-bond acceptors (Lipinski definition) is 7. The number of carbonyl (C=O) groups excluding carboxylic acids is 2. The highest BCUT2D eigenvalue weighted by molar-refractivity contribution is 6.30. The Balaban J connectivity index is 0.000000207. The second-order valence-electron chi connectivity index (χ2n) is 13.8. The molecule has 11 heteroatoms. The third-order valence-corrected chi connectivity index (χ3v) is 9.08. The fraction of sp³-hybridized carbons (Fsp3) is 0.543. The van der Waals surface area contributed by atoms with Crippen molar-refractivity contribution in [2.75, 3.05) is 39.8 Å². The zero-order chi connectivity index (χ0) is 32.9. The second kappa shape index (κ2) is 14.5. The molecule has 3 aliphatic rings. The molecule has 2 amide bonds. The summed E-state index contributed by atoms with van der Waals surface area (Å²) >= 11 is 6.06. The highest BCUT2D eigenvalue weighted by Crippen LogP contribution is 2.26. The van der Waals surface area contributed by atoms with Crippen molar-refractivity contribution in [3.63, 3.8) is 0 Å². The van der Waals surface area contributed by atoms with Gasteiger partial charge in [-0.05, 0) is 101 Å². The van der Waals surface area contributed by atoms with Crippen molar-refractivity contribution in [1.29, 1.82) is 0 Å². The average molecular weight is 651 g/mol. The van der Waals surface area contributed by atoms with Gasteiger partial charge in [-0.1, -0.05) is 23.7 Å². The Kier molecular flexibility index (Phi) is 10.7. The number of ether oxygens (including phenoxy) is 1. The number of carbonyl (C=O) groups is 2. The lowest BCUT2D eigenvalue weighted by molar-refractivity contribution is -0.146. The summed E-state index contributed by atoms with van der Waals surface area (Å²) in [6.45, 7) is 8.24. The quantitative estimate of drug-likeness (QED) is 0.448. The van der Waals surface area contributed by atoms with Crippen LogP contribution in [-0.4, -0.2) is 103 Å². The van der Waals surface area contributed by atoms with Crippen molar-refractivity contribution in [3.05, 3.63) is 82.7 Å². The Hall–Kier alpha value is -3.47. The maximum atomic E-state index is 13.4. The molecule has 1 N–H and O–H groups in total. The molecule has 0 saturated carbocycles. The maximum absolute atomic E-state index is 13.4. The lowest BCUT2D eigenvalue weighted by atomic mass is 9.91. The molecule has 1 aliphatic carbocycles. The summed E-state index contributed by atoms with van der Waals surface area (Å²) in [5, 5.41) is 11.9. The number of nitrogens with zero attached hydrogens (tertiary/aromatic N) is 6. The molecule has 10 nitrogen and oxygen atoms in total. The van der Waals surface area contributed by atoms with Gasteiger partial charge in [-0.2, -0.15) is 0 Å². The van der Waals surface area contributed by atoms with Crippen molar-refractivity contribution in [2.24, 2.45) is 0 Å².